The molecule has 0 aliphatic carbocycles. The number of likely N-dealkylation sites (tertiary alicyclic amines) is 1. The maximum atomic E-state index is 13.6. The first-order chi connectivity index (χ1) is 16.8. The highest BCUT2D eigenvalue weighted by Crippen LogP contribution is 2.44. The number of nitrogens with zero attached hydrogens (tertiary/aromatic N) is 1. The number of unbranched alkanes of at least 4 members (excludes halogenated alkanes) is 1. The number of phenols is 1. The summed E-state index contributed by atoms with van der Waals surface area (Å²) in [4.78, 5) is 28.5. The van der Waals surface area contributed by atoms with Crippen LogP contribution in [0.5, 0.6) is 5.75 Å². The SMILES string of the molecule is CCCCC(c1cc(C(C)(C)C)c(O)c(C(C)(C)C)c1)C(C=O)C(=O)OC1CC(C)(C)N(C)C(C)(C)C1. The number of esters is 1. The average molecular weight is 516 g/mol. The van der Waals surface area contributed by atoms with Crippen LogP contribution in [-0.4, -0.2) is 46.5 Å². The molecule has 1 aliphatic rings. The molecule has 210 valence electrons. The number of aldehydes is 1. The number of hydrogen-bond donors (Lipinski definition) is 1. The zero-order valence-electron chi connectivity index (χ0n) is 25.6. The van der Waals surface area contributed by atoms with E-state index in [0.717, 1.165) is 48.7 Å². The van der Waals surface area contributed by atoms with Gasteiger partial charge in [-0.3, -0.25) is 9.69 Å². The molecule has 1 saturated heterocycles. The van der Waals surface area contributed by atoms with Gasteiger partial charge in [0.25, 0.3) is 0 Å². The second kappa shape index (κ2) is 11.1. The molecule has 2 atom stereocenters. The lowest BCUT2D eigenvalue weighted by Crippen LogP contribution is -2.60. The Morgan fingerprint density at radius 3 is 1.89 bits per heavy atom. The van der Waals surface area contributed by atoms with Crippen LogP contribution < -0.4 is 0 Å². The molecule has 1 N–H and O–H groups in total. The molecule has 2 unspecified atom stereocenters. The van der Waals surface area contributed by atoms with Gasteiger partial charge in [-0.25, -0.2) is 0 Å². The zero-order valence-corrected chi connectivity index (χ0v) is 25.6. The van der Waals surface area contributed by atoms with Crippen molar-refractivity contribution in [3.63, 3.8) is 0 Å². The summed E-state index contributed by atoms with van der Waals surface area (Å²) in [6.07, 6.45) is 4.57. The molecular weight excluding hydrogens is 462 g/mol. The van der Waals surface area contributed by atoms with Gasteiger partial charge in [-0.2, -0.15) is 0 Å². The van der Waals surface area contributed by atoms with Gasteiger partial charge in [-0.15, -0.1) is 0 Å². The predicted octanol–water partition coefficient (Wildman–Crippen LogP) is 7.27. The van der Waals surface area contributed by atoms with Crippen LogP contribution in [0.3, 0.4) is 0 Å². The molecule has 1 aromatic rings. The highest BCUT2D eigenvalue weighted by molar-refractivity contribution is 5.89. The number of carbonyl (C=O) groups excluding carboxylic acids is 2. The molecule has 0 amide bonds. The lowest BCUT2D eigenvalue weighted by Gasteiger charge is -2.53. The highest BCUT2D eigenvalue weighted by Gasteiger charge is 2.45. The first-order valence-corrected chi connectivity index (χ1v) is 14.0. The Kier molecular flexibility index (Phi) is 9.38. The van der Waals surface area contributed by atoms with Crippen molar-refractivity contribution in [2.24, 2.45) is 5.92 Å². The summed E-state index contributed by atoms with van der Waals surface area (Å²) in [5, 5.41) is 11.2. The van der Waals surface area contributed by atoms with Gasteiger partial charge in [0.2, 0.25) is 0 Å². The van der Waals surface area contributed by atoms with Crippen LogP contribution in [0, 0.1) is 5.92 Å². The molecule has 1 fully saturated rings. The van der Waals surface area contributed by atoms with Crippen molar-refractivity contribution >= 4 is 12.3 Å². The number of rotatable bonds is 8. The third kappa shape index (κ3) is 7.16. The maximum absolute atomic E-state index is 13.6. The molecule has 0 radical (unpaired) electrons. The summed E-state index contributed by atoms with van der Waals surface area (Å²) in [7, 11) is 2.12. The topological polar surface area (TPSA) is 66.8 Å². The normalized spacial score (nSPS) is 20.3. The fourth-order valence-corrected chi connectivity index (χ4v) is 5.91. The number of ether oxygens (including phenoxy) is 1. The summed E-state index contributed by atoms with van der Waals surface area (Å²) in [6, 6.07) is 4.02. The molecule has 0 saturated carbocycles. The standard InChI is InChI=1S/C32H53NO4/c1-13-14-15-23(21-16-25(29(2,3)4)27(35)26(17-21)30(5,6)7)24(20-34)28(36)37-22-18-31(8,9)33(12)32(10,11)19-22/h16-17,20,22-24,35H,13-15,18-19H2,1-12H3. The predicted molar refractivity (Wildman–Crippen MR) is 152 cm³/mol. The van der Waals surface area contributed by atoms with Gasteiger partial charge >= 0.3 is 5.97 Å². The van der Waals surface area contributed by atoms with Crippen LogP contribution in [0.1, 0.15) is 131 Å². The van der Waals surface area contributed by atoms with Gasteiger partial charge in [0.1, 0.15) is 24.1 Å². The highest BCUT2D eigenvalue weighted by atomic mass is 16.5. The van der Waals surface area contributed by atoms with E-state index in [1.54, 1.807) is 0 Å². The van der Waals surface area contributed by atoms with Gasteiger partial charge < -0.3 is 14.6 Å². The van der Waals surface area contributed by atoms with Crippen LogP contribution in [0.15, 0.2) is 12.1 Å². The molecule has 37 heavy (non-hydrogen) atoms. The number of phenolic OH excluding ortho intramolecular Hbond substituents is 1. The molecule has 1 aliphatic heterocycles. The van der Waals surface area contributed by atoms with Gasteiger partial charge in [0.15, 0.2) is 0 Å². The number of hydrogen-bond acceptors (Lipinski definition) is 5. The van der Waals surface area contributed by atoms with E-state index in [4.69, 9.17) is 4.74 Å². The third-order valence-corrected chi connectivity index (χ3v) is 8.45. The Morgan fingerprint density at radius 1 is 1.05 bits per heavy atom. The van der Waals surface area contributed by atoms with Crippen molar-refractivity contribution in [2.45, 2.75) is 142 Å². The van der Waals surface area contributed by atoms with E-state index in [1.807, 2.05) is 12.1 Å². The smallest absolute Gasteiger partial charge is 0.317 e. The minimum atomic E-state index is -0.886. The van der Waals surface area contributed by atoms with Gasteiger partial charge in [-0.05, 0) is 68.7 Å². The zero-order chi connectivity index (χ0) is 28.6. The Balaban J connectivity index is 2.52. The van der Waals surface area contributed by atoms with Gasteiger partial charge in [-0.1, -0.05) is 73.4 Å². The monoisotopic (exact) mass is 515 g/mol. The van der Waals surface area contributed by atoms with Crippen molar-refractivity contribution in [3.05, 3.63) is 28.8 Å². The average Bonchev–Trinajstić information content (AvgIpc) is 2.73. The first-order valence-electron chi connectivity index (χ1n) is 14.0. The summed E-state index contributed by atoms with van der Waals surface area (Å²) in [5.74, 6) is -1.32. The van der Waals surface area contributed by atoms with Crippen molar-refractivity contribution < 1.29 is 19.4 Å². The van der Waals surface area contributed by atoms with E-state index in [0.29, 0.717) is 12.2 Å². The van der Waals surface area contributed by atoms with Crippen molar-refractivity contribution in [2.75, 3.05) is 7.05 Å². The number of benzene rings is 1. The molecular formula is C32H53NO4. The van der Waals surface area contributed by atoms with Crippen LogP contribution >= 0.6 is 0 Å². The minimum Gasteiger partial charge on any atom is -0.507 e. The van der Waals surface area contributed by atoms with Crippen LogP contribution in [0.25, 0.3) is 0 Å². The van der Waals surface area contributed by atoms with Crippen molar-refractivity contribution in [1.82, 2.24) is 4.90 Å². The van der Waals surface area contributed by atoms with Gasteiger partial charge in [0.05, 0.1) is 0 Å². The number of piperidine rings is 1. The summed E-state index contributed by atoms with van der Waals surface area (Å²) >= 11 is 0. The Hall–Kier alpha value is -1.88. The van der Waals surface area contributed by atoms with E-state index < -0.39 is 11.9 Å². The van der Waals surface area contributed by atoms with E-state index >= 15 is 0 Å². The van der Waals surface area contributed by atoms with Crippen LogP contribution in [-0.2, 0) is 25.2 Å². The molecule has 0 spiro atoms. The quantitative estimate of drug-likeness (QED) is 0.224. The molecule has 1 aromatic carbocycles. The fourth-order valence-electron chi connectivity index (χ4n) is 5.91. The van der Waals surface area contributed by atoms with E-state index in [2.05, 4.69) is 88.1 Å². The molecule has 0 aromatic heterocycles. The second-order valence-electron chi connectivity index (χ2n) is 14.5. The van der Waals surface area contributed by atoms with E-state index in [9.17, 15) is 14.7 Å². The summed E-state index contributed by atoms with van der Waals surface area (Å²) in [5.41, 5.74) is 1.78. The number of aromatic hydroxyl groups is 1. The second-order valence-corrected chi connectivity index (χ2v) is 14.5. The first kappa shape index (κ1) is 31.3. The lowest BCUT2D eigenvalue weighted by molar-refractivity contribution is -0.164. The minimum absolute atomic E-state index is 0.120. The van der Waals surface area contributed by atoms with Crippen molar-refractivity contribution in [1.29, 1.82) is 0 Å². The van der Waals surface area contributed by atoms with Crippen LogP contribution in [0.2, 0.25) is 0 Å². The summed E-state index contributed by atoms with van der Waals surface area (Å²) in [6.45, 7) is 23.3. The Bertz CT molecular complexity index is 911. The maximum Gasteiger partial charge on any atom is 0.317 e. The van der Waals surface area contributed by atoms with Gasteiger partial charge in [0, 0.05) is 29.8 Å². The van der Waals surface area contributed by atoms with E-state index in [-0.39, 0.29) is 33.9 Å². The molecule has 1 heterocycles. The van der Waals surface area contributed by atoms with Crippen molar-refractivity contribution in [3.8, 4) is 5.75 Å². The fraction of sp³-hybridized carbons (Fsp3) is 0.750. The van der Waals surface area contributed by atoms with Crippen LogP contribution in [0.4, 0.5) is 0 Å². The molecule has 5 nitrogen and oxygen atoms in total. The largest absolute Gasteiger partial charge is 0.507 e. The molecule has 5 heteroatoms. The number of carbonyl (C=O) groups is 2. The molecule has 0 bridgehead atoms. The Morgan fingerprint density at radius 2 is 1.51 bits per heavy atom. The lowest BCUT2D eigenvalue weighted by atomic mass is 9.74. The summed E-state index contributed by atoms with van der Waals surface area (Å²) < 4.78 is 6.12. The Labute approximate surface area is 226 Å². The van der Waals surface area contributed by atoms with E-state index in [1.165, 1.54) is 0 Å². The molecule has 2 rings (SSSR count). The third-order valence-electron chi connectivity index (χ3n) is 8.45.